The maximum atomic E-state index is 11.2. The zero-order valence-corrected chi connectivity index (χ0v) is 11.6. The number of carboxylic acids is 1. The number of carboxylic acid groups (broad SMARTS) is 1. The van der Waals surface area contributed by atoms with Crippen LogP contribution in [0.2, 0.25) is 0 Å². The molecule has 1 atom stereocenters. The second kappa shape index (κ2) is 6.62. The summed E-state index contributed by atoms with van der Waals surface area (Å²) in [5.41, 5.74) is 1.09. The summed E-state index contributed by atoms with van der Waals surface area (Å²) < 4.78 is 0. The fourth-order valence-electron chi connectivity index (χ4n) is 2.30. The van der Waals surface area contributed by atoms with Gasteiger partial charge in [0.2, 0.25) is 0 Å². The molecule has 0 heterocycles. The molecule has 19 heavy (non-hydrogen) atoms. The highest BCUT2D eigenvalue weighted by atomic mass is 32.1. The van der Waals surface area contributed by atoms with Gasteiger partial charge in [0.15, 0.2) is 0 Å². The van der Waals surface area contributed by atoms with Crippen molar-refractivity contribution in [3.63, 3.8) is 0 Å². The van der Waals surface area contributed by atoms with Crippen LogP contribution in [0.3, 0.4) is 0 Å². The van der Waals surface area contributed by atoms with E-state index in [2.05, 4.69) is 36.9 Å². The van der Waals surface area contributed by atoms with E-state index in [1.54, 1.807) is 0 Å². The predicted octanol–water partition coefficient (Wildman–Crippen LogP) is 3.79. The molecule has 3 heteroatoms. The van der Waals surface area contributed by atoms with Gasteiger partial charge in [-0.05, 0) is 41.4 Å². The lowest BCUT2D eigenvalue weighted by Crippen LogP contribution is -2.16. The summed E-state index contributed by atoms with van der Waals surface area (Å²) in [6.07, 6.45) is 2.12. The van der Waals surface area contributed by atoms with Crippen molar-refractivity contribution in [1.82, 2.24) is 0 Å². The van der Waals surface area contributed by atoms with Crippen LogP contribution < -0.4 is 0 Å². The molecule has 0 saturated heterocycles. The maximum absolute atomic E-state index is 11.2. The lowest BCUT2D eigenvalue weighted by atomic mass is 9.94. The number of hydrogen-bond acceptors (Lipinski definition) is 2. The van der Waals surface area contributed by atoms with Gasteiger partial charge in [0.1, 0.15) is 0 Å². The Morgan fingerprint density at radius 3 is 2.58 bits per heavy atom. The molecule has 0 radical (unpaired) electrons. The van der Waals surface area contributed by atoms with E-state index in [-0.39, 0.29) is 5.92 Å². The normalized spacial score (nSPS) is 12.5. The summed E-state index contributed by atoms with van der Waals surface area (Å²) in [7, 11) is 0. The van der Waals surface area contributed by atoms with Gasteiger partial charge in [0, 0.05) is 0 Å². The topological polar surface area (TPSA) is 37.3 Å². The standard InChI is InChI=1S/C16H18O2S/c17-16(18)15(6-3-9-19)11-12-7-8-13-4-1-2-5-14(13)10-12/h1-2,4-5,7-8,10,15,19H,3,6,9,11H2,(H,17,18). The summed E-state index contributed by atoms with van der Waals surface area (Å²) in [5.74, 6) is -0.287. The highest BCUT2D eigenvalue weighted by molar-refractivity contribution is 7.80. The van der Waals surface area contributed by atoms with Gasteiger partial charge >= 0.3 is 5.97 Å². The Kier molecular flexibility index (Phi) is 4.86. The van der Waals surface area contributed by atoms with E-state index in [9.17, 15) is 9.90 Å². The average Bonchev–Trinajstić information content (AvgIpc) is 2.43. The first-order valence-electron chi connectivity index (χ1n) is 6.52. The molecule has 0 amide bonds. The summed E-state index contributed by atoms with van der Waals surface area (Å²) in [6, 6.07) is 14.3. The van der Waals surface area contributed by atoms with Crippen molar-refractivity contribution in [3.05, 3.63) is 48.0 Å². The highest BCUT2D eigenvalue weighted by Gasteiger charge is 2.17. The second-order valence-electron chi connectivity index (χ2n) is 4.79. The van der Waals surface area contributed by atoms with Crippen LogP contribution in [-0.2, 0) is 11.2 Å². The third-order valence-corrected chi connectivity index (χ3v) is 3.67. The molecule has 1 unspecified atom stereocenters. The lowest BCUT2D eigenvalue weighted by molar-refractivity contribution is -0.141. The molecule has 2 aromatic rings. The molecule has 0 spiro atoms. The SMILES string of the molecule is O=C(O)C(CCCS)Cc1ccc2ccccc2c1. The number of hydrogen-bond donors (Lipinski definition) is 2. The number of carbonyl (C=O) groups is 1. The van der Waals surface area contributed by atoms with Gasteiger partial charge in [-0.3, -0.25) is 4.79 Å². The van der Waals surface area contributed by atoms with Crippen molar-refractivity contribution in [1.29, 1.82) is 0 Å². The van der Waals surface area contributed by atoms with Crippen molar-refractivity contribution in [2.24, 2.45) is 5.92 Å². The number of thiol groups is 1. The average molecular weight is 274 g/mol. The Bertz CT molecular complexity index is 565. The van der Waals surface area contributed by atoms with E-state index >= 15 is 0 Å². The smallest absolute Gasteiger partial charge is 0.306 e. The van der Waals surface area contributed by atoms with E-state index < -0.39 is 5.97 Å². The first-order valence-corrected chi connectivity index (χ1v) is 7.15. The monoisotopic (exact) mass is 274 g/mol. The Balaban J connectivity index is 2.16. The first kappa shape index (κ1) is 13.9. The lowest BCUT2D eigenvalue weighted by Gasteiger charge is -2.12. The van der Waals surface area contributed by atoms with E-state index in [1.807, 2.05) is 18.2 Å². The molecule has 0 aromatic heterocycles. The largest absolute Gasteiger partial charge is 0.481 e. The Hall–Kier alpha value is -1.48. The summed E-state index contributed by atoms with van der Waals surface area (Å²) >= 11 is 4.15. The quantitative estimate of drug-likeness (QED) is 0.786. The molecule has 2 nitrogen and oxygen atoms in total. The maximum Gasteiger partial charge on any atom is 0.306 e. The van der Waals surface area contributed by atoms with E-state index in [0.29, 0.717) is 12.8 Å². The molecule has 1 N–H and O–H groups in total. The predicted molar refractivity (Wildman–Crippen MR) is 81.9 cm³/mol. The van der Waals surface area contributed by atoms with Gasteiger partial charge < -0.3 is 5.11 Å². The molecule has 2 rings (SSSR count). The van der Waals surface area contributed by atoms with Gasteiger partial charge in [-0.2, -0.15) is 12.6 Å². The van der Waals surface area contributed by atoms with Crippen LogP contribution in [0, 0.1) is 5.92 Å². The minimum atomic E-state index is -0.713. The highest BCUT2D eigenvalue weighted by Crippen LogP contribution is 2.20. The Labute approximate surface area is 118 Å². The summed E-state index contributed by atoms with van der Waals surface area (Å²) in [5, 5.41) is 11.6. The van der Waals surface area contributed by atoms with Crippen molar-refractivity contribution >= 4 is 29.4 Å². The number of fused-ring (bicyclic) bond motifs is 1. The zero-order chi connectivity index (χ0) is 13.7. The fourth-order valence-corrected chi connectivity index (χ4v) is 2.48. The van der Waals surface area contributed by atoms with E-state index in [1.165, 1.54) is 10.8 Å². The molecule has 0 aliphatic rings. The minimum Gasteiger partial charge on any atom is -0.481 e. The number of rotatable bonds is 6. The van der Waals surface area contributed by atoms with Gasteiger partial charge in [-0.1, -0.05) is 42.5 Å². The molecule has 2 aromatic carbocycles. The molecule has 0 saturated carbocycles. The van der Waals surface area contributed by atoms with Crippen molar-refractivity contribution in [3.8, 4) is 0 Å². The van der Waals surface area contributed by atoms with Crippen LogP contribution in [0.25, 0.3) is 10.8 Å². The summed E-state index contributed by atoms with van der Waals surface area (Å²) in [4.78, 5) is 11.2. The Morgan fingerprint density at radius 2 is 1.89 bits per heavy atom. The van der Waals surface area contributed by atoms with Gasteiger partial charge in [-0.15, -0.1) is 0 Å². The van der Waals surface area contributed by atoms with Crippen LogP contribution >= 0.6 is 12.6 Å². The molecule has 0 bridgehead atoms. The van der Waals surface area contributed by atoms with Crippen molar-refractivity contribution < 1.29 is 9.90 Å². The van der Waals surface area contributed by atoms with Crippen LogP contribution in [0.15, 0.2) is 42.5 Å². The van der Waals surface area contributed by atoms with Gasteiger partial charge in [0.25, 0.3) is 0 Å². The van der Waals surface area contributed by atoms with Crippen molar-refractivity contribution in [2.75, 3.05) is 5.75 Å². The minimum absolute atomic E-state index is 0.312. The fraction of sp³-hybridized carbons (Fsp3) is 0.312. The molecular weight excluding hydrogens is 256 g/mol. The van der Waals surface area contributed by atoms with E-state index in [0.717, 1.165) is 17.7 Å². The first-order chi connectivity index (χ1) is 9.20. The third-order valence-electron chi connectivity index (χ3n) is 3.36. The molecule has 100 valence electrons. The Morgan fingerprint density at radius 1 is 1.16 bits per heavy atom. The number of aliphatic carboxylic acids is 1. The summed E-state index contributed by atoms with van der Waals surface area (Å²) in [6.45, 7) is 0. The van der Waals surface area contributed by atoms with Crippen LogP contribution in [0.4, 0.5) is 0 Å². The molecule has 0 fully saturated rings. The van der Waals surface area contributed by atoms with Gasteiger partial charge in [-0.25, -0.2) is 0 Å². The van der Waals surface area contributed by atoms with Crippen molar-refractivity contribution in [2.45, 2.75) is 19.3 Å². The molecule has 0 aliphatic carbocycles. The third kappa shape index (κ3) is 3.74. The van der Waals surface area contributed by atoms with Crippen LogP contribution in [0.5, 0.6) is 0 Å². The van der Waals surface area contributed by atoms with Crippen LogP contribution in [0.1, 0.15) is 18.4 Å². The van der Waals surface area contributed by atoms with Gasteiger partial charge in [0.05, 0.1) is 5.92 Å². The van der Waals surface area contributed by atoms with Crippen LogP contribution in [-0.4, -0.2) is 16.8 Å². The zero-order valence-electron chi connectivity index (χ0n) is 10.7. The number of benzene rings is 2. The molecular formula is C16H18O2S. The second-order valence-corrected chi connectivity index (χ2v) is 5.23. The van der Waals surface area contributed by atoms with E-state index in [4.69, 9.17) is 0 Å². The molecule has 0 aliphatic heterocycles.